The molecule has 7 nitrogen and oxygen atoms in total. The fourth-order valence-electron chi connectivity index (χ4n) is 5.90. The molecule has 3 aromatic rings. The van der Waals surface area contributed by atoms with E-state index >= 15 is 0 Å². The average molecular weight is 596 g/mol. The fourth-order valence-corrected chi connectivity index (χ4v) is 5.90. The molecule has 2 aliphatic rings. The molecular weight excluding hydrogens is 560 g/mol. The molecule has 228 valence electrons. The maximum atomic E-state index is 14.4. The number of likely N-dealkylation sites (tertiary alicyclic amines) is 1. The molecule has 1 aromatic carbocycles. The smallest absolute Gasteiger partial charge is 0.373 e. The molecule has 0 amide bonds. The van der Waals surface area contributed by atoms with Crippen LogP contribution < -0.4 is 10.2 Å². The van der Waals surface area contributed by atoms with Crippen LogP contribution >= 0.6 is 0 Å². The van der Waals surface area contributed by atoms with Gasteiger partial charge in [-0.25, -0.2) is 28.1 Å². The summed E-state index contributed by atoms with van der Waals surface area (Å²) in [7, 11) is 1.83. The van der Waals surface area contributed by atoms with Crippen LogP contribution in [0.1, 0.15) is 55.5 Å². The van der Waals surface area contributed by atoms with Crippen LogP contribution in [0.15, 0.2) is 30.7 Å². The van der Waals surface area contributed by atoms with E-state index in [2.05, 4.69) is 27.1 Å². The van der Waals surface area contributed by atoms with Crippen LogP contribution in [0.3, 0.4) is 0 Å². The molecule has 42 heavy (non-hydrogen) atoms. The number of piperidine rings is 2. The van der Waals surface area contributed by atoms with Gasteiger partial charge in [0.1, 0.15) is 29.6 Å². The van der Waals surface area contributed by atoms with Gasteiger partial charge >= 0.3 is 6.18 Å². The third-order valence-corrected chi connectivity index (χ3v) is 8.29. The van der Waals surface area contributed by atoms with E-state index in [1.54, 1.807) is 12.5 Å². The van der Waals surface area contributed by atoms with Crippen LogP contribution in [-0.4, -0.2) is 70.1 Å². The maximum Gasteiger partial charge on any atom is 0.419 e. The van der Waals surface area contributed by atoms with Gasteiger partial charge in [0.05, 0.1) is 11.3 Å². The number of halogens is 6. The molecule has 1 N–H and O–H groups in total. The van der Waals surface area contributed by atoms with Gasteiger partial charge in [-0.05, 0) is 31.4 Å². The molecule has 2 aliphatic heterocycles. The van der Waals surface area contributed by atoms with Crippen molar-refractivity contribution in [3.8, 4) is 11.3 Å². The van der Waals surface area contributed by atoms with E-state index in [0.717, 1.165) is 67.5 Å². The molecule has 13 heteroatoms. The molecule has 2 aromatic heterocycles. The predicted octanol–water partition coefficient (Wildman–Crippen LogP) is 6.22. The number of nitrogens with one attached hydrogen (secondary N) is 1. The zero-order chi connectivity index (χ0) is 30.1. The molecule has 2 fully saturated rings. The Morgan fingerprint density at radius 1 is 1.02 bits per heavy atom. The first-order valence-electron chi connectivity index (χ1n) is 14.3. The third-order valence-electron chi connectivity index (χ3n) is 8.29. The second-order valence-electron chi connectivity index (χ2n) is 11.0. The molecule has 0 bridgehead atoms. The van der Waals surface area contributed by atoms with E-state index in [1.807, 2.05) is 16.5 Å². The van der Waals surface area contributed by atoms with Crippen molar-refractivity contribution in [3.05, 3.63) is 53.5 Å². The maximum absolute atomic E-state index is 14.4. The van der Waals surface area contributed by atoms with E-state index in [0.29, 0.717) is 31.9 Å². The van der Waals surface area contributed by atoms with E-state index in [1.165, 1.54) is 6.07 Å². The number of imidazole rings is 1. The Labute approximate surface area is 241 Å². The number of nitrogens with zero attached hydrogens (tertiary/aromatic N) is 6. The highest BCUT2D eigenvalue weighted by atomic mass is 19.4. The summed E-state index contributed by atoms with van der Waals surface area (Å²) >= 11 is 0. The monoisotopic (exact) mass is 595 g/mol. The number of anilines is 2. The second-order valence-corrected chi connectivity index (χ2v) is 11.0. The Bertz CT molecular complexity index is 1370. The van der Waals surface area contributed by atoms with Crippen LogP contribution in [0.25, 0.3) is 11.3 Å². The highest BCUT2D eigenvalue weighted by Gasteiger charge is 2.35. The predicted molar refractivity (Wildman–Crippen MR) is 148 cm³/mol. The van der Waals surface area contributed by atoms with Crippen LogP contribution in [0.5, 0.6) is 0 Å². The lowest BCUT2D eigenvalue weighted by Crippen LogP contribution is -2.41. The number of hydrogen-bond donors (Lipinski definition) is 1. The highest BCUT2D eigenvalue weighted by molar-refractivity contribution is 5.60. The topological polar surface area (TPSA) is 62.1 Å². The lowest BCUT2D eigenvalue weighted by molar-refractivity contribution is -0.139. The molecular formula is C29H35F6N7. The zero-order valence-corrected chi connectivity index (χ0v) is 23.7. The number of benzene rings is 1. The van der Waals surface area contributed by atoms with Gasteiger partial charge in [-0.15, -0.1) is 0 Å². The largest absolute Gasteiger partial charge is 0.419 e. The number of hydrogen-bond acceptors (Lipinski definition) is 6. The minimum absolute atomic E-state index is 0.0515. The van der Waals surface area contributed by atoms with Crippen LogP contribution in [0.4, 0.5) is 38.0 Å². The summed E-state index contributed by atoms with van der Waals surface area (Å²) in [5.74, 6) is -1.49. The van der Waals surface area contributed by atoms with E-state index < -0.39 is 23.5 Å². The van der Waals surface area contributed by atoms with E-state index in [9.17, 15) is 26.3 Å². The Hall–Kier alpha value is -3.35. The molecule has 0 atom stereocenters. The van der Waals surface area contributed by atoms with Crippen molar-refractivity contribution in [1.29, 1.82) is 0 Å². The minimum atomic E-state index is -4.79. The SMILES string of the molecule is CCc1c(NC)ncnc1N1CCC(c2nc(-c3ccc(C(F)(F)F)c(F)c3)cn2CCN2CCC(F)(F)CC2)CC1. The second kappa shape index (κ2) is 12.1. The molecule has 2 saturated heterocycles. The zero-order valence-electron chi connectivity index (χ0n) is 23.7. The Morgan fingerprint density at radius 3 is 2.36 bits per heavy atom. The van der Waals surface area contributed by atoms with Gasteiger partial charge in [0.25, 0.3) is 5.92 Å². The van der Waals surface area contributed by atoms with Gasteiger partial charge < -0.3 is 19.7 Å². The van der Waals surface area contributed by atoms with Crippen molar-refractivity contribution in [2.24, 2.45) is 0 Å². The molecule has 5 rings (SSSR count). The number of aromatic nitrogens is 4. The van der Waals surface area contributed by atoms with Crippen molar-refractivity contribution in [3.63, 3.8) is 0 Å². The van der Waals surface area contributed by atoms with Gasteiger partial charge in [0.2, 0.25) is 0 Å². The number of rotatable bonds is 8. The first-order valence-corrected chi connectivity index (χ1v) is 14.3. The lowest BCUT2D eigenvalue weighted by Gasteiger charge is -2.34. The minimum Gasteiger partial charge on any atom is -0.373 e. The Kier molecular flexibility index (Phi) is 8.68. The van der Waals surface area contributed by atoms with Crippen LogP contribution in [-0.2, 0) is 19.1 Å². The summed E-state index contributed by atoms with van der Waals surface area (Å²) < 4.78 is 83.1. The highest BCUT2D eigenvalue weighted by Crippen LogP contribution is 2.36. The van der Waals surface area contributed by atoms with Crippen molar-refractivity contribution in [2.45, 2.75) is 63.6 Å². The molecule has 0 radical (unpaired) electrons. The van der Waals surface area contributed by atoms with Crippen molar-refractivity contribution in [2.75, 3.05) is 50.0 Å². The Balaban J connectivity index is 1.38. The normalized spacial score (nSPS) is 18.4. The molecule has 0 saturated carbocycles. The molecule has 0 unspecified atom stereocenters. The summed E-state index contributed by atoms with van der Waals surface area (Å²) in [6.45, 7) is 5.09. The quantitative estimate of drug-likeness (QED) is 0.312. The summed E-state index contributed by atoms with van der Waals surface area (Å²) in [5, 5.41) is 3.12. The van der Waals surface area contributed by atoms with Crippen molar-refractivity contribution < 1.29 is 26.3 Å². The Morgan fingerprint density at radius 2 is 1.74 bits per heavy atom. The first-order chi connectivity index (χ1) is 20.0. The summed E-state index contributed by atoms with van der Waals surface area (Å²) in [4.78, 5) is 17.9. The van der Waals surface area contributed by atoms with Crippen LogP contribution in [0, 0.1) is 5.82 Å². The van der Waals surface area contributed by atoms with Crippen molar-refractivity contribution in [1.82, 2.24) is 24.4 Å². The first kappa shape index (κ1) is 30.1. The van der Waals surface area contributed by atoms with E-state index in [-0.39, 0.29) is 24.3 Å². The van der Waals surface area contributed by atoms with Gasteiger partial charge in [-0.1, -0.05) is 13.0 Å². The lowest BCUT2D eigenvalue weighted by atomic mass is 9.95. The van der Waals surface area contributed by atoms with Gasteiger partial charge in [0.15, 0.2) is 0 Å². The van der Waals surface area contributed by atoms with Gasteiger partial charge in [-0.3, -0.25) is 0 Å². The van der Waals surface area contributed by atoms with Crippen LogP contribution in [0.2, 0.25) is 0 Å². The third kappa shape index (κ3) is 6.50. The molecule has 0 aliphatic carbocycles. The van der Waals surface area contributed by atoms with E-state index in [4.69, 9.17) is 4.98 Å². The fraction of sp³-hybridized carbons (Fsp3) is 0.552. The summed E-state index contributed by atoms with van der Waals surface area (Å²) in [5.41, 5.74) is 0.355. The summed E-state index contributed by atoms with van der Waals surface area (Å²) in [6.07, 6.45) is 0.415. The number of alkyl halides is 5. The standard InChI is InChI=1S/C29H35F6N7/c1-3-21-25(36-2)37-18-38-27(21)41-10-6-19(7-11-41)26-39-24(20-4-5-22(23(30)16-20)29(33,34)35)17-42(26)15-14-40-12-8-28(31,32)9-13-40/h4-5,16-19H,3,6-15H2,1-2H3,(H,36,37,38). The van der Waals surface area contributed by atoms with Crippen molar-refractivity contribution >= 4 is 11.6 Å². The summed E-state index contributed by atoms with van der Waals surface area (Å²) in [6, 6.07) is 2.84. The van der Waals surface area contributed by atoms with Gasteiger partial charge in [0, 0.05) is 82.4 Å². The van der Waals surface area contributed by atoms with Gasteiger partial charge in [-0.2, -0.15) is 13.2 Å². The molecule has 0 spiro atoms. The molecule has 4 heterocycles. The average Bonchev–Trinajstić information content (AvgIpc) is 3.40.